The van der Waals surface area contributed by atoms with Crippen molar-refractivity contribution in [1.82, 2.24) is 10.6 Å². The van der Waals surface area contributed by atoms with E-state index in [-0.39, 0.29) is 18.1 Å². The average molecular weight is 186 g/mol. The predicted octanol–water partition coefficient (Wildman–Crippen LogP) is -0.109. The van der Waals surface area contributed by atoms with E-state index in [0.29, 0.717) is 0 Å². The van der Waals surface area contributed by atoms with E-state index in [1.165, 1.54) is 0 Å². The molecule has 0 aromatic heterocycles. The molecule has 0 radical (unpaired) electrons. The van der Waals surface area contributed by atoms with Crippen molar-refractivity contribution >= 4 is 5.91 Å². The van der Waals surface area contributed by atoms with Crippen LogP contribution < -0.4 is 10.6 Å². The van der Waals surface area contributed by atoms with Gasteiger partial charge in [-0.1, -0.05) is 0 Å². The lowest BCUT2D eigenvalue weighted by Crippen LogP contribution is -2.46. The van der Waals surface area contributed by atoms with Gasteiger partial charge in [-0.15, -0.1) is 0 Å². The number of carbonyl (C=O) groups is 1. The summed E-state index contributed by atoms with van der Waals surface area (Å²) in [6.45, 7) is 4.10. The van der Waals surface area contributed by atoms with Gasteiger partial charge in [0.2, 0.25) is 5.91 Å². The number of piperidine rings is 1. The zero-order chi connectivity index (χ0) is 9.73. The maximum atomic E-state index is 10.9. The Morgan fingerprint density at radius 3 is 3.00 bits per heavy atom. The first-order chi connectivity index (χ1) is 6.16. The van der Waals surface area contributed by atoms with Crippen molar-refractivity contribution in [1.29, 1.82) is 0 Å². The second kappa shape index (κ2) is 4.58. The molecule has 0 aliphatic carbocycles. The molecule has 0 aromatic carbocycles. The van der Waals surface area contributed by atoms with Crippen LogP contribution in [0, 0.1) is 0 Å². The van der Waals surface area contributed by atoms with Gasteiger partial charge in [-0.3, -0.25) is 4.79 Å². The van der Waals surface area contributed by atoms with Crippen LogP contribution in [0.5, 0.6) is 0 Å². The second-order valence-electron chi connectivity index (χ2n) is 3.69. The van der Waals surface area contributed by atoms with Gasteiger partial charge >= 0.3 is 0 Å². The molecule has 0 bridgehead atoms. The van der Waals surface area contributed by atoms with Crippen molar-refractivity contribution in [2.45, 2.75) is 25.4 Å². The molecule has 4 nitrogen and oxygen atoms in total. The van der Waals surface area contributed by atoms with E-state index in [1.54, 1.807) is 7.05 Å². The largest absolute Gasteiger partial charge is 0.364 e. The van der Waals surface area contributed by atoms with Crippen LogP contribution in [-0.4, -0.2) is 38.3 Å². The van der Waals surface area contributed by atoms with Crippen molar-refractivity contribution < 1.29 is 9.53 Å². The summed E-state index contributed by atoms with van der Waals surface area (Å²) in [6, 6.07) is 0. The summed E-state index contributed by atoms with van der Waals surface area (Å²) in [5, 5.41) is 5.80. The Labute approximate surface area is 79.0 Å². The van der Waals surface area contributed by atoms with Crippen molar-refractivity contribution in [2.24, 2.45) is 0 Å². The first-order valence-electron chi connectivity index (χ1n) is 4.71. The molecule has 1 rings (SSSR count). The quantitative estimate of drug-likeness (QED) is 0.646. The number of ether oxygens (including phenoxy) is 1. The number of hydrogen-bond acceptors (Lipinski definition) is 3. The van der Waals surface area contributed by atoms with E-state index in [9.17, 15) is 4.79 Å². The van der Waals surface area contributed by atoms with Gasteiger partial charge in [0.1, 0.15) is 6.61 Å². The summed E-state index contributed by atoms with van der Waals surface area (Å²) < 4.78 is 5.55. The van der Waals surface area contributed by atoms with Gasteiger partial charge in [0.15, 0.2) is 0 Å². The highest BCUT2D eigenvalue weighted by atomic mass is 16.5. The van der Waals surface area contributed by atoms with E-state index >= 15 is 0 Å². The van der Waals surface area contributed by atoms with Crippen LogP contribution in [0.3, 0.4) is 0 Å². The van der Waals surface area contributed by atoms with Crippen molar-refractivity contribution in [2.75, 3.05) is 26.7 Å². The van der Waals surface area contributed by atoms with E-state index < -0.39 is 0 Å². The Balaban J connectivity index is 2.28. The molecule has 1 unspecified atom stereocenters. The minimum atomic E-state index is -0.162. The topological polar surface area (TPSA) is 50.4 Å². The molecule has 1 saturated heterocycles. The fraction of sp³-hybridized carbons (Fsp3) is 0.889. The lowest BCUT2D eigenvalue weighted by atomic mass is 9.96. The molecule has 76 valence electrons. The van der Waals surface area contributed by atoms with Gasteiger partial charge < -0.3 is 15.4 Å². The van der Waals surface area contributed by atoms with Gasteiger partial charge in [0.05, 0.1) is 5.60 Å². The van der Waals surface area contributed by atoms with Crippen LogP contribution in [0.2, 0.25) is 0 Å². The molecule has 1 amide bonds. The maximum Gasteiger partial charge on any atom is 0.245 e. The van der Waals surface area contributed by atoms with Crippen LogP contribution in [0.1, 0.15) is 19.8 Å². The van der Waals surface area contributed by atoms with E-state index in [4.69, 9.17) is 4.74 Å². The van der Waals surface area contributed by atoms with Gasteiger partial charge in [-0.05, 0) is 26.3 Å². The smallest absolute Gasteiger partial charge is 0.245 e. The van der Waals surface area contributed by atoms with Crippen LogP contribution in [0.25, 0.3) is 0 Å². The van der Waals surface area contributed by atoms with E-state index in [1.807, 2.05) is 6.92 Å². The number of nitrogens with one attached hydrogen (secondary N) is 2. The van der Waals surface area contributed by atoms with Crippen LogP contribution >= 0.6 is 0 Å². The molecule has 1 fully saturated rings. The number of amides is 1. The molecule has 1 aliphatic rings. The highest BCUT2D eigenvalue weighted by Crippen LogP contribution is 2.19. The highest BCUT2D eigenvalue weighted by Gasteiger charge is 2.27. The molecule has 13 heavy (non-hydrogen) atoms. The Morgan fingerprint density at radius 2 is 2.46 bits per heavy atom. The third-order valence-electron chi connectivity index (χ3n) is 2.39. The first-order valence-corrected chi connectivity index (χ1v) is 4.71. The maximum absolute atomic E-state index is 10.9. The molecule has 1 heterocycles. The average Bonchev–Trinajstić information content (AvgIpc) is 2.15. The molecular formula is C9H18N2O2. The molecule has 2 N–H and O–H groups in total. The Bertz CT molecular complexity index is 176. The molecule has 0 aromatic rings. The summed E-state index contributed by atoms with van der Waals surface area (Å²) in [7, 11) is 1.62. The molecule has 0 spiro atoms. The van der Waals surface area contributed by atoms with Gasteiger partial charge in [0.25, 0.3) is 0 Å². The fourth-order valence-electron chi connectivity index (χ4n) is 1.46. The summed E-state index contributed by atoms with van der Waals surface area (Å²) in [4.78, 5) is 10.9. The molecule has 1 atom stereocenters. The summed E-state index contributed by atoms with van der Waals surface area (Å²) in [5.41, 5.74) is -0.162. The van der Waals surface area contributed by atoms with Crippen LogP contribution in [0.15, 0.2) is 0 Å². The van der Waals surface area contributed by atoms with Crippen LogP contribution in [0.4, 0.5) is 0 Å². The third-order valence-corrected chi connectivity index (χ3v) is 2.39. The predicted molar refractivity (Wildman–Crippen MR) is 50.5 cm³/mol. The summed E-state index contributed by atoms with van der Waals surface area (Å²) >= 11 is 0. The minimum Gasteiger partial charge on any atom is -0.364 e. The molecule has 1 aliphatic heterocycles. The van der Waals surface area contributed by atoms with Crippen molar-refractivity contribution in [3.8, 4) is 0 Å². The monoisotopic (exact) mass is 186 g/mol. The SMILES string of the molecule is CNC(=O)COC1(C)CCCNC1. The fourth-order valence-corrected chi connectivity index (χ4v) is 1.46. The number of hydrogen-bond donors (Lipinski definition) is 2. The van der Waals surface area contributed by atoms with E-state index in [0.717, 1.165) is 25.9 Å². The minimum absolute atomic E-state index is 0.0631. The van der Waals surface area contributed by atoms with Gasteiger partial charge in [0, 0.05) is 13.6 Å². The normalized spacial score (nSPS) is 28.5. The standard InChI is InChI=1S/C9H18N2O2/c1-9(4-3-5-11-7-9)13-6-8(12)10-2/h11H,3-7H2,1-2H3,(H,10,12). The van der Waals surface area contributed by atoms with Crippen LogP contribution in [-0.2, 0) is 9.53 Å². The van der Waals surface area contributed by atoms with Gasteiger partial charge in [-0.25, -0.2) is 0 Å². The molecule has 0 saturated carbocycles. The molecular weight excluding hydrogens is 168 g/mol. The number of carbonyl (C=O) groups excluding carboxylic acids is 1. The summed E-state index contributed by atoms with van der Waals surface area (Å²) in [5.74, 6) is -0.0631. The first kappa shape index (κ1) is 10.5. The second-order valence-corrected chi connectivity index (χ2v) is 3.69. The highest BCUT2D eigenvalue weighted by molar-refractivity contribution is 5.76. The molecule has 4 heteroatoms. The zero-order valence-corrected chi connectivity index (χ0v) is 8.35. The Hall–Kier alpha value is -0.610. The third kappa shape index (κ3) is 3.32. The van der Waals surface area contributed by atoms with Crippen molar-refractivity contribution in [3.05, 3.63) is 0 Å². The zero-order valence-electron chi connectivity index (χ0n) is 8.35. The summed E-state index contributed by atoms with van der Waals surface area (Å²) in [6.07, 6.45) is 2.14. The van der Waals surface area contributed by atoms with E-state index in [2.05, 4.69) is 10.6 Å². The Kier molecular flexibility index (Phi) is 3.69. The number of rotatable bonds is 3. The lowest BCUT2D eigenvalue weighted by Gasteiger charge is -2.33. The Morgan fingerprint density at radius 1 is 1.69 bits per heavy atom. The van der Waals surface area contributed by atoms with Crippen molar-refractivity contribution in [3.63, 3.8) is 0 Å². The van der Waals surface area contributed by atoms with Gasteiger partial charge in [-0.2, -0.15) is 0 Å². The lowest BCUT2D eigenvalue weighted by molar-refractivity contribution is -0.132. The number of likely N-dealkylation sites (N-methyl/N-ethyl adjacent to an activating group) is 1.